The van der Waals surface area contributed by atoms with Crippen LogP contribution in [-0.4, -0.2) is 25.8 Å². The highest BCUT2D eigenvalue weighted by Gasteiger charge is 2.08. The van der Waals surface area contributed by atoms with E-state index in [2.05, 4.69) is 24.4 Å². The van der Waals surface area contributed by atoms with E-state index >= 15 is 0 Å². The molecule has 0 aliphatic heterocycles. The van der Waals surface area contributed by atoms with Gasteiger partial charge in [-0.15, -0.1) is 0 Å². The number of ether oxygens (including phenoxy) is 2. The fraction of sp³-hybridized carbons (Fsp3) is 0.263. The van der Waals surface area contributed by atoms with Crippen molar-refractivity contribution < 1.29 is 14.3 Å². The Kier molecular flexibility index (Phi) is 6.83. The summed E-state index contributed by atoms with van der Waals surface area (Å²) >= 11 is 5.98. The van der Waals surface area contributed by atoms with Gasteiger partial charge < -0.3 is 9.47 Å². The lowest BCUT2D eigenvalue weighted by atomic mass is 10.2. The van der Waals surface area contributed by atoms with Crippen LogP contribution < -0.4 is 14.9 Å². The van der Waals surface area contributed by atoms with Gasteiger partial charge in [-0.1, -0.05) is 37.6 Å². The molecule has 25 heavy (non-hydrogen) atoms. The van der Waals surface area contributed by atoms with Crippen molar-refractivity contribution in [3.63, 3.8) is 0 Å². The highest BCUT2D eigenvalue weighted by molar-refractivity contribution is 6.33. The minimum absolute atomic E-state index is 0.370. The van der Waals surface area contributed by atoms with E-state index in [-0.39, 0.29) is 5.91 Å². The van der Waals surface area contributed by atoms with Crippen LogP contribution in [0.4, 0.5) is 0 Å². The average molecular weight is 361 g/mol. The van der Waals surface area contributed by atoms with Gasteiger partial charge in [0.25, 0.3) is 5.91 Å². The molecule has 0 saturated heterocycles. The van der Waals surface area contributed by atoms with Crippen molar-refractivity contribution in [1.82, 2.24) is 5.43 Å². The van der Waals surface area contributed by atoms with Gasteiger partial charge in [-0.05, 0) is 41.8 Å². The molecule has 0 aliphatic rings. The fourth-order valence-electron chi connectivity index (χ4n) is 2.01. The van der Waals surface area contributed by atoms with Crippen molar-refractivity contribution in [2.75, 3.05) is 13.7 Å². The molecule has 0 heterocycles. The Labute approximate surface area is 152 Å². The summed E-state index contributed by atoms with van der Waals surface area (Å²) in [6.07, 6.45) is 1.53. The Morgan fingerprint density at radius 2 is 2.00 bits per heavy atom. The van der Waals surface area contributed by atoms with Crippen LogP contribution in [0.25, 0.3) is 0 Å². The molecule has 1 N–H and O–H groups in total. The van der Waals surface area contributed by atoms with Crippen LogP contribution in [0, 0.1) is 5.92 Å². The molecule has 1 amide bonds. The van der Waals surface area contributed by atoms with E-state index in [1.54, 1.807) is 37.4 Å². The zero-order valence-corrected chi connectivity index (χ0v) is 15.2. The van der Waals surface area contributed by atoms with Gasteiger partial charge in [-0.2, -0.15) is 5.10 Å². The van der Waals surface area contributed by atoms with Gasteiger partial charge in [0.15, 0.2) is 11.5 Å². The molecule has 0 atom stereocenters. The summed E-state index contributed by atoms with van der Waals surface area (Å²) in [5.74, 6) is 1.34. The molecule has 0 fully saturated rings. The van der Waals surface area contributed by atoms with Crippen LogP contribution in [-0.2, 0) is 0 Å². The number of hydrogen-bond acceptors (Lipinski definition) is 4. The lowest BCUT2D eigenvalue weighted by Crippen LogP contribution is -2.17. The molecule has 0 unspecified atom stereocenters. The summed E-state index contributed by atoms with van der Waals surface area (Å²) in [5.41, 5.74) is 3.60. The number of amides is 1. The number of rotatable bonds is 7. The summed E-state index contributed by atoms with van der Waals surface area (Å²) in [7, 11) is 1.58. The summed E-state index contributed by atoms with van der Waals surface area (Å²) in [5, 5.41) is 4.34. The molecule has 2 aromatic rings. The van der Waals surface area contributed by atoms with E-state index in [4.69, 9.17) is 21.1 Å². The molecule has 0 aromatic heterocycles. The standard InChI is InChI=1S/C19H21ClN2O3/c1-13(2)12-25-17-9-8-14(10-18(17)24-3)11-21-22-19(23)15-6-4-5-7-16(15)20/h4-11,13H,12H2,1-3H3,(H,22,23)/b21-11-. The Morgan fingerprint density at radius 1 is 1.24 bits per heavy atom. The van der Waals surface area contributed by atoms with Gasteiger partial charge in [0, 0.05) is 0 Å². The minimum Gasteiger partial charge on any atom is -0.493 e. The third-order valence-corrected chi connectivity index (χ3v) is 3.59. The third-order valence-electron chi connectivity index (χ3n) is 3.26. The molecule has 6 heteroatoms. The molecule has 2 rings (SSSR count). The Morgan fingerprint density at radius 3 is 2.68 bits per heavy atom. The molecule has 0 radical (unpaired) electrons. The Hall–Kier alpha value is -2.53. The number of hydrogen-bond donors (Lipinski definition) is 1. The number of carbonyl (C=O) groups excluding carboxylic acids is 1. The highest BCUT2D eigenvalue weighted by atomic mass is 35.5. The molecule has 0 spiro atoms. The van der Waals surface area contributed by atoms with Crippen molar-refractivity contribution in [1.29, 1.82) is 0 Å². The molecular formula is C19H21ClN2O3. The molecule has 0 saturated carbocycles. The smallest absolute Gasteiger partial charge is 0.272 e. The number of nitrogens with zero attached hydrogens (tertiary/aromatic N) is 1. The summed E-state index contributed by atoms with van der Waals surface area (Å²) in [4.78, 5) is 12.0. The van der Waals surface area contributed by atoms with E-state index in [0.29, 0.717) is 34.6 Å². The summed E-state index contributed by atoms with van der Waals surface area (Å²) < 4.78 is 11.0. The molecule has 132 valence electrons. The molecule has 2 aromatic carbocycles. The van der Waals surface area contributed by atoms with Crippen LogP contribution >= 0.6 is 11.6 Å². The maximum absolute atomic E-state index is 12.0. The number of methoxy groups -OCH3 is 1. The molecule has 0 aliphatic carbocycles. The summed E-state index contributed by atoms with van der Waals surface area (Å²) in [6.45, 7) is 4.77. The van der Waals surface area contributed by atoms with Crippen molar-refractivity contribution in [2.45, 2.75) is 13.8 Å². The monoisotopic (exact) mass is 360 g/mol. The minimum atomic E-state index is -0.370. The number of halogens is 1. The number of carbonyl (C=O) groups is 1. The van der Waals surface area contributed by atoms with Gasteiger partial charge >= 0.3 is 0 Å². The van der Waals surface area contributed by atoms with Crippen LogP contribution in [0.1, 0.15) is 29.8 Å². The summed E-state index contributed by atoms with van der Waals surface area (Å²) in [6, 6.07) is 12.2. The average Bonchev–Trinajstić information content (AvgIpc) is 2.60. The lowest BCUT2D eigenvalue weighted by Gasteiger charge is -2.12. The highest BCUT2D eigenvalue weighted by Crippen LogP contribution is 2.28. The predicted octanol–water partition coefficient (Wildman–Crippen LogP) is 4.15. The largest absolute Gasteiger partial charge is 0.493 e. The van der Waals surface area contributed by atoms with Crippen molar-refractivity contribution in [2.24, 2.45) is 11.0 Å². The van der Waals surface area contributed by atoms with Crippen LogP contribution in [0.15, 0.2) is 47.6 Å². The zero-order valence-electron chi connectivity index (χ0n) is 14.5. The van der Waals surface area contributed by atoms with Crippen molar-refractivity contribution in [3.8, 4) is 11.5 Å². The van der Waals surface area contributed by atoms with Crippen molar-refractivity contribution >= 4 is 23.7 Å². The van der Waals surface area contributed by atoms with E-state index in [0.717, 1.165) is 5.56 Å². The van der Waals surface area contributed by atoms with Gasteiger partial charge in [-0.3, -0.25) is 4.79 Å². The van der Waals surface area contributed by atoms with Crippen LogP contribution in [0.3, 0.4) is 0 Å². The Balaban J connectivity index is 2.03. The lowest BCUT2D eigenvalue weighted by molar-refractivity contribution is 0.0955. The van der Waals surface area contributed by atoms with Crippen LogP contribution in [0.2, 0.25) is 5.02 Å². The first kappa shape index (κ1) is 18.8. The topological polar surface area (TPSA) is 59.9 Å². The normalized spacial score (nSPS) is 10.9. The first-order chi connectivity index (χ1) is 12.0. The maximum Gasteiger partial charge on any atom is 0.272 e. The molecular weight excluding hydrogens is 340 g/mol. The predicted molar refractivity (Wildman–Crippen MR) is 99.8 cm³/mol. The van der Waals surface area contributed by atoms with Gasteiger partial charge in [-0.25, -0.2) is 5.43 Å². The van der Waals surface area contributed by atoms with Gasteiger partial charge in [0.05, 0.1) is 30.5 Å². The first-order valence-corrected chi connectivity index (χ1v) is 8.28. The third kappa shape index (κ3) is 5.50. The number of benzene rings is 2. The van der Waals surface area contributed by atoms with E-state index < -0.39 is 0 Å². The van der Waals surface area contributed by atoms with E-state index in [1.165, 1.54) is 6.21 Å². The number of hydrazone groups is 1. The fourth-order valence-corrected chi connectivity index (χ4v) is 2.23. The molecule has 0 bridgehead atoms. The van der Waals surface area contributed by atoms with E-state index in [9.17, 15) is 4.79 Å². The molecule has 5 nitrogen and oxygen atoms in total. The second-order valence-electron chi connectivity index (χ2n) is 5.79. The van der Waals surface area contributed by atoms with Crippen LogP contribution in [0.5, 0.6) is 11.5 Å². The number of nitrogens with one attached hydrogen (secondary N) is 1. The van der Waals surface area contributed by atoms with E-state index in [1.807, 2.05) is 12.1 Å². The second kappa shape index (κ2) is 9.08. The maximum atomic E-state index is 12.0. The second-order valence-corrected chi connectivity index (χ2v) is 6.20. The zero-order chi connectivity index (χ0) is 18.2. The quantitative estimate of drug-likeness (QED) is 0.596. The Bertz CT molecular complexity index is 760. The van der Waals surface area contributed by atoms with Gasteiger partial charge in [0.2, 0.25) is 0 Å². The SMILES string of the molecule is COc1cc(/C=N\NC(=O)c2ccccc2Cl)ccc1OCC(C)C. The first-order valence-electron chi connectivity index (χ1n) is 7.90. The van der Waals surface area contributed by atoms with Gasteiger partial charge in [0.1, 0.15) is 0 Å². The van der Waals surface area contributed by atoms with Crippen molar-refractivity contribution in [3.05, 3.63) is 58.6 Å².